The summed E-state index contributed by atoms with van der Waals surface area (Å²) in [7, 11) is -3.46. The molecule has 15 heavy (non-hydrogen) atoms. The summed E-state index contributed by atoms with van der Waals surface area (Å²) in [5.41, 5.74) is 7.48. The monoisotopic (exact) mass is 235 g/mol. The van der Waals surface area contributed by atoms with Crippen LogP contribution in [0.5, 0.6) is 0 Å². The maximum Gasteiger partial charge on any atom is 0.277 e. The molecular weight excluding hydrogens is 218 g/mol. The molecule has 0 bridgehead atoms. The molecule has 0 saturated carbocycles. The Morgan fingerprint density at radius 2 is 2.00 bits per heavy atom. The zero-order chi connectivity index (χ0) is 11.9. The van der Waals surface area contributed by atoms with Gasteiger partial charge in [0.15, 0.2) is 0 Å². The van der Waals surface area contributed by atoms with Crippen LogP contribution in [0.15, 0.2) is 5.11 Å². The van der Waals surface area contributed by atoms with Crippen molar-refractivity contribution in [3.05, 3.63) is 10.4 Å². The number of rotatable bonds is 6. The predicted octanol–water partition coefficient (Wildman–Crippen LogP) is 0.909. The summed E-state index contributed by atoms with van der Waals surface area (Å²) in [5, 5.41) is 3.29. The largest absolute Gasteiger partial charge is 0.277 e. The summed E-state index contributed by atoms with van der Waals surface area (Å²) >= 11 is 0. The lowest BCUT2D eigenvalue weighted by molar-refractivity contribution is 0.483. The zero-order valence-electron chi connectivity index (χ0n) is 9.19. The number of nitrogens with one attached hydrogen (secondary N) is 2. The van der Waals surface area contributed by atoms with E-state index >= 15 is 0 Å². The molecule has 7 nitrogen and oxygen atoms in total. The predicted molar refractivity (Wildman–Crippen MR) is 58.4 cm³/mol. The van der Waals surface area contributed by atoms with Gasteiger partial charge in [-0.15, -0.1) is 0 Å². The Morgan fingerprint density at radius 3 is 2.47 bits per heavy atom. The van der Waals surface area contributed by atoms with Gasteiger partial charge in [-0.3, -0.25) is 0 Å². The van der Waals surface area contributed by atoms with E-state index in [2.05, 4.69) is 19.5 Å². The molecule has 0 aliphatic rings. The molecule has 0 atom stereocenters. The highest BCUT2D eigenvalue weighted by Gasteiger charge is 2.18. The van der Waals surface area contributed by atoms with Gasteiger partial charge in [-0.05, 0) is 32.7 Å². The van der Waals surface area contributed by atoms with E-state index < -0.39 is 15.7 Å². The number of azide groups is 1. The van der Waals surface area contributed by atoms with Gasteiger partial charge in [0.2, 0.25) is 0 Å². The minimum atomic E-state index is -3.46. The summed E-state index contributed by atoms with van der Waals surface area (Å²) in [6.45, 7) is 5.81. The van der Waals surface area contributed by atoms with E-state index in [0.29, 0.717) is 6.42 Å². The molecule has 0 spiro atoms. The minimum absolute atomic E-state index is 0.254. The maximum atomic E-state index is 11.4. The van der Waals surface area contributed by atoms with Crippen molar-refractivity contribution in [2.45, 2.75) is 32.7 Å². The number of hydrogen-bond acceptors (Lipinski definition) is 3. The van der Waals surface area contributed by atoms with E-state index in [0.717, 1.165) is 0 Å². The van der Waals surface area contributed by atoms with Crippen molar-refractivity contribution in [1.29, 1.82) is 0 Å². The van der Waals surface area contributed by atoms with E-state index in [1.165, 1.54) is 0 Å². The standard InChI is InChI=1S/C7H17N5O2S/c1-7(2,3)11-15(13,14)10-6-4-5-9-12-8/h10-11H,4-6H2,1-3H3. The molecule has 0 heterocycles. The molecule has 2 N–H and O–H groups in total. The summed E-state index contributed by atoms with van der Waals surface area (Å²) in [6.07, 6.45) is 0.481. The average Bonchev–Trinajstić information content (AvgIpc) is 1.99. The number of nitrogens with zero attached hydrogens (tertiary/aromatic N) is 3. The third-order valence-electron chi connectivity index (χ3n) is 1.23. The van der Waals surface area contributed by atoms with Gasteiger partial charge in [0.1, 0.15) is 0 Å². The Labute approximate surface area is 90.1 Å². The van der Waals surface area contributed by atoms with Gasteiger partial charge in [-0.2, -0.15) is 13.1 Å². The van der Waals surface area contributed by atoms with E-state index in [4.69, 9.17) is 5.53 Å². The maximum absolute atomic E-state index is 11.4. The zero-order valence-corrected chi connectivity index (χ0v) is 10.0. The van der Waals surface area contributed by atoms with Crippen molar-refractivity contribution < 1.29 is 8.42 Å². The van der Waals surface area contributed by atoms with Crippen molar-refractivity contribution in [2.24, 2.45) is 5.11 Å². The van der Waals surface area contributed by atoms with Gasteiger partial charge in [0.05, 0.1) is 0 Å². The third kappa shape index (κ3) is 9.48. The first-order valence-electron chi connectivity index (χ1n) is 4.56. The van der Waals surface area contributed by atoms with Crippen molar-refractivity contribution in [2.75, 3.05) is 13.1 Å². The Hall–Kier alpha value is -0.820. The van der Waals surface area contributed by atoms with Gasteiger partial charge >= 0.3 is 0 Å². The lowest BCUT2D eigenvalue weighted by Crippen LogP contribution is -2.47. The first-order chi connectivity index (χ1) is 6.77. The Bertz CT molecular complexity index is 326. The highest BCUT2D eigenvalue weighted by Crippen LogP contribution is 2.00. The van der Waals surface area contributed by atoms with Gasteiger partial charge < -0.3 is 0 Å². The van der Waals surface area contributed by atoms with Crippen LogP contribution in [0.1, 0.15) is 27.2 Å². The molecule has 0 radical (unpaired) electrons. The van der Waals surface area contributed by atoms with E-state index in [9.17, 15) is 8.42 Å². The van der Waals surface area contributed by atoms with Crippen LogP contribution in [0.2, 0.25) is 0 Å². The fraction of sp³-hybridized carbons (Fsp3) is 1.00. The van der Waals surface area contributed by atoms with Crippen LogP contribution < -0.4 is 9.44 Å². The topological polar surface area (TPSA) is 107 Å². The second-order valence-electron chi connectivity index (χ2n) is 4.06. The molecule has 0 fully saturated rings. The highest BCUT2D eigenvalue weighted by atomic mass is 32.2. The van der Waals surface area contributed by atoms with Crippen LogP contribution in [-0.2, 0) is 10.2 Å². The van der Waals surface area contributed by atoms with Crippen molar-refractivity contribution in [3.63, 3.8) is 0 Å². The van der Waals surface area contributed by atoms with Gasteiger partial charge in [0, 0.05) is 23.5 Å². The highest BCUT2D eigenvalue weighted by molar-refractivity contribution is 7.87. The Balaban J connectivity index is 3.90. The van der Waals surface area contributed by atoms with Crippen LogP contribution in [0.3, 0.4) is 0 Å². The van der Waals surface area contributed by atoms with Crippen LogP contribution in [0.4, 0.5) is 0 Å². The summed E-state index contributed by atoms with van der Waals surface area (Å²) in [4.78, 5) is 2.56. The third-order valence-corrected chi connectivity index (χ3v) is 2.70. The van der Waals surface area contributed by atoms with Crippen LogP contribution in [-0.4, -0.2) is 27.0 Å². The van der Waals surface area contributed by atoms with E-state index in [1.54, 1.807) is 20.8 Å². The van der Waals surface area contributed by atoms with Crippen LogP contribution >= 0.6 is 0 Å². The minimum Gasteiger partial charge on any atom is -0.202 e. The SMILES string of the molecule is CC(C)(C)NS(=O)(=O)NCCCN=[N+]=[N-]. The van der Waals surface area contributed by atoms with Crippen molar-refractivity contribution in [3.8, 4) is 0 Å². The Kier molecular flexibility index (Phi) is 5.59. The normalized spacial score (nSPS) is 12.2. The van der Waals surface area contributed by atoms with Crippen molar-refractivity contribution in [1.82, 2.24) is 9.44 Å². The average molecular weight is 235 g/mol. The molecule has 0 aromatic carbocycles. The first-order valence-corrected chi connectivity index (χ1v) is 6.04. The second-order valence-corrected chi connectivity index (χ2v) is 5.56. The fourth-order valence-corrected chi connectivity index (χ4v) is 2.13. The van der Waals surface area contributed by atoms with Gasteiger partial charge in [0.25, 0.3) is 10.2 Å². The van der Waals surface area contributed by atoms with Crippen LogP contribution in [0, 0.1) is 0 Å². The molecule has 88 valence electrons. The first kappa shape index (κ1) is 14.2. The van der Waals surface area contributed by atoms with E-state index in [-0.39, 0.29) is 13.1 Å². The number of hydrogen-bond donors (Lipinski definition) is 2. The molecule has 0 saturated heterocycles. The smallest absolute Gasteiger partial charge is 0.202 e. The molecule has 0 aromatic heterocycles. The van der Waals surface area contributed by atoms with E-state index in [1.807, 2.05) is 0 Å². The van der Waals surface area contributed by atoms with Gasteiger partial charge in [-0.25, -0.2) is 4.72 Å². The molecule has 0 amide bonds. The molecule has 0 aromatic rings. The molecule has 0 unspecified atom stereocenters. The summed E-state index contributed by atoms with van der Waals surface area (Å²) in [5.74, 6) is 0. The molecule has 0 aliphatic carbocycles. The Morgan fingerprint density at radius 1 is 1.40 bits per heavy atom. The quantitative estimate of drug-likeness (QED) is 0.309. The molecular formula is C7H17N5O2S. The second kappa shape index (κ2) is 5.92. The molecule has 0 aliphatic heterocycles. The fourth-order valence-electron chi connectivity index (χ4n) is 0.840. The summed E-state index contributed by atoms with van der Waals surface area (Å²) < 4.78 is 27.5. The van der Waals surface area contributed by atoms with Crippen molar-refractivity contribution >= 4 is 10.2 Å². The molecule has 8 heteroatoms. The summed E-state index contributed by atoms with van der Waals surface area (Å²) in [6, 6.07) is 0. The molecule has 0 rings (SSSR count). The van der Waals surface area contributed by atoms with Gasteiger partial charge in [-0.1, -0.05) is 5.11 Å². The lowest BCUT2D eigenvalue weighted by Gasteiger charge is -2.20. The lowest BCUT2D eigenvalue weighted by atomic mass is 10.1. The van der Waals surface area contributed by atoms with Crippen LogP contribution in [0.25, 0.3) is 10.4 Å².